The van der Waals surface area contributed by atoms with Crippen LogP contribution >= 0.6 is 12.2 Å². The van der Waals surface area contributed by atoms with E-state index in [9.17, 15) is 9.59 Å². The van der Waals surface area contributed by atoms with E-state index in [1.54, 1.807) is 0 Å². The van der Waals surface area contributed by atoms with Crippen molar-refractivity contribution in [2.45, 2.75) is 46.0 Å². The van der Waals surface area contributed by atoms with Gasteiger partial charge in [0, 0.05) is 0 Å². The number of carbonyl (C=O) groups excluding carboxylic acids is 2. The van der Waals surface area contributed by atoms with Crippen molar-refractivity contribution in [2.75, 3.05) is 0 Å². The summed E-state index contributed by atoms with van der Waals surface area (Å²) in [5, 5.41) is 5.13. The van der Waals surface area contributed by atoms with E-state index in [1.807, 2.05) is 0 Å². The Morgan fingerprint density at radius 2 is 1.78 bits per heavy atom. The predicted molar refractivity (Wildman–Crippen MR) is 70.3 cm³/mol. The Labute approximate surface area is 136 Å². The summed E-state index contributed by atoms with van der Waals surface area (Å²) in [4.78, 5) is 23.4. The van der Waals surface area contributed by atoms with Gasteiger partial charge < -0.3 is 10.6 Å². The van der Waals surface area contributed by atoms with Gasteiger partial charge in [0.25, 0.3) is 0 Å². The quantitative estimate of drug-likeness (QED) is 0.363. The van der Waals surface area contributed by atoms with E-state index in [1.165, 1.54) is 0 Å². The predicted octanol–water partition coefficient (Wildman–Crippen LogP) is -1.26. The molecule has 1 atom stereocenters. The molecule has 1 heterocycles. The second-order valence-corrected chi connectivity index (χ2v) is 4.92. The first kappa shape index (κ1) is 18.0. The van der Waals surface area contributed by atoms with Crippen molar-refractivity contribution >= 4 is 29.1 Å². The average molecular weight is 279 g/mol. The fourth-order valence-electron chi connectivity index (χ4n) is 2.08. The van der Waals surface area contributed by atoms with E-state index < -0.39 is 5.92 Å². The maximum atomic E-state index is 11.7. The van der Waals surface area contributed by atoms with Crippen LogP contribution in [0.4, 0.5) is 0 Å². The molecule has 0 aromatic heterocycles. The monoisotopic (exact) mass is 279 g/mol. The van der Waals surface area contributed by atoms with Gasteiger partial charge in [-0.2, -0.15) is 0 Å². The van der Waals surface area contributed by atoms with Crippen LogP contribution in [0, 0.1) is 11.8 Å². The van der Waals surface area contributed by atoms with Gasteiger partial charge >= 0.3 is 29.6 Å². The molecule has 2 amide bonds. The summed E-state index contributed by atoms with van der Waals surface area (Å²) < 4.78 is 0. The van der Waals surface area contributed by atoms with Crippen molar-refractivity contribution in [1.82, 2.24) is 10.6 Å². The van der Waals surface area contributed by atoms with Crippen LogP contribution in [0.25, 0.3) is 0 Å². The summed E-state index contributed by atoms with van der Waals surface area (Å²) >= 11 is 4.76. The SMILES string of the molecule is CCCCC(CC)CC1C(=O)NC(=S)NC1=O.[Na+]. The molecule has 1 unspecified atom stereocenters. The van der Waals surface area contributed by atoms with E-state index >= 15 is 0 Å². The van der Waals surface area contributed by atoms with Crippen LogP contribution in [0.15, 0.2) is 0 Å². The number of carbonyl (C=O) groups is 2. The van der Waals surface area contributed by atoms with Crippen molar-refractivity contribution < 1.29 is 39.1 Å². The number of rotatable bonds is 6. The fourth-order valence-corrected chi connectivity index (χ4v) is 2.28. The van der Waals surface area contributed by atoms with E-state index in [-0.39, 0.29) is 46.5 Å². The van der Waals surface area contributed by atoms with E-state index in [4.69, 9.17) is 12.2 Å². The number of unbranched alkanes of at least 4 members (excludes halogenated alkanes) is 1. The standard InChI is InChI=1S/C12H20N2O2S.Na/c1-3-5-6-8(4-2)7-9-10(15)13-12(17)14-11(9)16;/h8-9H,3-7H2,1-2H3,(H2,13,14,15,16,17);/q;+1. The molecule has 18 heavy (non-hydrogen) atoms. The maximum Gasteiger partial charge on any atom is 1.00 e. The number of hydrogen-bond donors (Lipinski definition) is 2. The van der Waals surface area contributed by atoms with Gasteiger partial charge in [0.1, 0.15) is 5.92 Å². The third-order valence-electron chi connectivity index (χ3n) is 3.22. The zero-order valence-electron chi connectivity index (χ0n) is 11.4. The molecule has 0 aromatic rings. The fraction of sp³-hybridized carbons (Fsp3) is 0.750. The minimum absolute atomic E-state index is 0. The second kappa shape index (κ2) is 9.02. The Morgan fingerprint density at radius 3 is 2.22 bits per heavy atom. The van der Waals surface area contributed by atoms with Gasteiger partial charge in [-0.25, -0.2) is 0 Å². The van der Waals surface area contributed by atoms with E-state index in [0.29, 0.717) is 12.3 Å². The van der Waals surface area contributed by atoms with Crippen LogP contribution in [0.5, 0.6) is 0 Å². The molecule has 1 fully saturated rings. The van der Waals surface area contributed by atoms with E-state index in [0.717, 1.165) is 25.7 Å². The third kappa shape index (κ3) is 5.34. The van der Waals surface area contributed by atoms with Crippen LogP contribution in [-0.4, -0.2) is 16.9 Å². The number of nitrogens with one attached hydrogen (secondary N) is 2. The van der Waals surface area contributed by atoms with E-state index in [2.05, 4.69) is 24.5 Å². The maximum absolute atomic E-state index is 11.7. The molecule has 0 radical (unpaired) electrons. The molecule has 0 spiro atoms. The second-order valence-electron chi connectivity index (χ2n) is 4.51. The molecular weight excluding hydrogens is 259 g/mol. The van der Waals surface area contributed by atoms with Gasteiger partial charge in [-0.05, 0) is 24.6 Å². The molecule has 1 rings (SSSR count). The Hall–Kier alpha value is 0.0300. The average Bonchev–Trinajstić information content (AvgIpc) is 2.27. The number of thiocarbonyl (C=S) groups is 1. The zero-order chi connectivity index (χ0) is 12.8. The Bertz CT molecular complexity index is 303. The summed E-state index contributed by atoms with van der Waals surface area (Å²) in [5.74, 6) is -0.658. The van der Waals surface area contributed by atoms with Gasteiger partial charge in [0.15, 0.2) is 5.11 Å². The van der Waals surface area contributed by atoms with Crippen LogP contribution in [0.3, 0.4) is 0 Å². The van der Waals surface area contributed by atoms with Crippen molar-refractivity contribution in [2.24, 2.45) is 11.8 Å². The summed E-state index contributed by atoms with van der Waals surface area (Å²) in [6, 6.07) is 0. The molecule has 0 saturated carbocycles. The first-order valence-corrected chi connectivity index (χ1v) is 6.65. The minimum atomic E-state index is -0.580. The summed E-state index contributed by atoms with van der Waals surface area (Å²) in [7, 11) is 0. The Balaban J connectivity index is 0.00000289. The molecule has 96 valence electrons. The zero-order valence-corrected chi connectivity index (χ0v) is 14.2. The topological polar surface area (TPSA) is 58.2 Å². The van der Waals surface area contributed by atoms with Gasteiger partial charge in [-0.15, -0.1) is 0 Å². The van der Waals surface area contributed by atoms with Crippen molar-refractivity contribution in [3.05, 3.63) is 0 Å². The molecule has 1 aliphatic rings. The van der Waals surface area contributed by atoms with Gasteiger partial charge in [0.2, 0.25) is 11.8 Å². The summed E-state index contributed by atoms with van der Waals surface area (Å²) in [6.07, 6.45) is 4.99. The van der Waals surface area contributed by atoms with Gasteiger partial charge in [-0.1, -0.05) is 39.5 Å². The minimum Gasteiger partial charge on any atom is -0.302 e. The molecular formula is C12H20N2NaO2S+. The molecule has 0 bridgehead atoms. The molecule has 0 aromatic carbocycles. The molecule has 1 saturated heterocycles. The largest absolute Gasteiger partial charge is 1.00 e. The van der Waals surface area contributed by atoms with Crippen LogP contribution in [0.1, 0.15) is 46.0 Å². The Kier molecular flexibility index (Phi) is 9.03. The molecule has 2 N–H and O–H groups in total. The van der Waals surface area contributed by atoms with Crippen molar-refractivity contribution in [3.63, 3.8) is 0 Å². The first-order valence-electron chi connectivity index (χ1n) is 6.24. The smallest absolute Gasteiger partial charge is 0.302 e. The molecule has 6 heteroatoms. The molecule has 0 aliphatic carbocycles. The first-order chi connectivity index (χ1) is 8.08. The van der Waals surface area contributed by atoms with Crippen molar-refractivity contribution in [1.29, 1.82) is 0 Å². The summed E-state index contributed by atoms with van der Waals surface area (Å²) in [5.41, 5.74) is 0. The van der Waals surface area contributed by atoms with Crippen LogP contribution in [0.2, 0.25) is 0 Å². The summed E-state index contributed by atoms with van der Waals surface area (Å²) in [6.45, 7) is 4.24. The van der Waals surface area contributed by atoms with Gasteiger partial charge in [-0.3, -0.25) is 9.59 Å². The number of amides is 2. The number of hydrogen-bond acceptors (Lipinski definition) is 3. The van der Waals surface area contributed by atoms with Crippen LogP contribution < -0.4 is 40.2 Å². The van der Waals surface area contributed by atoms with Gasteiger partial charge in [0.05, 0.1) is 0 Å². The third-order valence-corrected chi connectivity index (χ3v) is 3.42. The van der Waals surface area contributed by atoms with Crippen molar-refractivity contribution in [3.8, 4) is 0 Å². The Morgan fingerprint density at radius 1 is 1.22 bits per heavy atom. The normalized spacial score (nSPS) is 17.8. The van der Waals surface area contributed by atoms with Crippen LogP contribution in [-0.2, 0) is 9.59 Å². The molecule has 1 aliphatic heterocycles. The molecule has 4 nitrogen and oxygen atoms in total.